The Morgan fingerprint density at radius 3 is 2.55 bits per heavy atom. The summed E-state index contributed by atoms with van der Waals surface area (Å²) in [5, 5.41) is 3.33. The number of anilines is 1. The summed E-state index contributed by atoms with van der Waals surface area (Å²) in [6.45, 7) is 3.70. The number of hydrogen-bond acceptors (Lipinski definition) is 3. The Bertz CT molecular complexity index is 957. The minimum absolute atomic E-state index is 0.0873. The van der Waals surface area contributed by atoms with Gasteiger partial charge in [0.25, 0.3) is 0 Å². The van der Waals surface area contributed by atoms with Crippen molar-refractivity contribution in [3.63, 3.8) is 0 Å². The molecule has 0 radical (unpaired) electrons. The molecule has 0 aromatic heterocycles. The van der Waals surface area contributed by atoms with Gasteiger partial charge in [0.2, 0.25) is 10.0 Å². The lowest BCUT2D eigenvalue weighted by Gasteiger charge is -2.32. The molecule has 0 atom stereocenters. The maximum Gasteiger partial charge on any atom is 0.321 e. The first kappa shape index (κ1) is 21.6. The van der Waals surface area contributed by atoms with Crippen LogP contribution >= 0.6 is 11.6 Å². The molecule has 0 bridgehead atoms. The molecular weight excluding hydrogens is 410 g/mol. The smallest absolute Gasteiger partial charge is 0.321 e. The van der Waals surface area contributed by atoms with Crippen LogP contribution in [-0.4, -0.2) is 39.0 Å². The van der Waals surface area contributed by atoms with E-state index >= 15 is 0 Å². The number of rotatable bonds is 6. The number of sulfonamides is 1. The van der Waals surface area contributed by atoms with E-state index in [2.05, 4.69) is 10.0 Å². The van der Waals surface area contributed by atoms with E-state index in [1.165, 1.54) is 12.1 Å². The quantitative estimate of drug-likeness (QED) is 0.711. The highest BCUT2D eigenvalue weighted by Crippen LogP contribution is 2.22. The topological polar surface area (TPSA) is 78.5 Å². The van der Waals surface area contributed by atoms with Crippen molar-refractivity contribution in [1.82, 2.24) is 9.62 Å². The van der Waals surface area contributed by atoms with Crippen LogP contribution in [0.3, 0.4) is 0 Å². The van der Waals surface area contributed by atoms with Gasteiger partial charge in [0.15, 0.2) is 0 Å². The fraction of sp³-hybridized carbons (Fsp3) is 0.381. The molecule has 0 aliphatic carbocycles. The van der Waals surface area contributed by atoms with E-state index in [9.17, 15) is 13.2 Å². The van der Waals surface area contributed by atoms with Crippen molar-refractivity contribution < 1.29 is 13.2 Å². The highest BCUT2D eigenvalue weighted by molar-refractivity contribution is 7.89. The molecule has 0 saturated carbocycles. The molecule has 156 valence electrons. The zero-order valence-corrected chi connectivity index (χ0v) is 18.0. The molecule has 1 fully saturated rings. The van der Waals surface area contributed by atoms with Crippen LogP contribution < -0.4 is 10.0 Å². The van der Waals surface area contributed by atoms with E-state index in [0.717, 1.165) is 30.5 Å². The van der Waals surface area contributed by atoms with Gasteiger partial charge in [-0.3, -0.25) is 0 Å². The van der Waals surface area contributed by atoms with E-state index in [1.807, 2.05) is 36.1 Å². The lowest BCUT2D eigenvalue weighted by molar-refractivity contribution is 0.180. The second kappa shape index (κ2) is 9.61. The van der Waals surface area contributed by atoms with Crippen molar-refractivity contribution in [1.29, 1.82) is 0 Å². The van der Waals surface area contributed by atoms with Crippen molar-refractivity contribution in [2.45, 2.75) is 31.1 Å². The summed E-state index contributed by atoms with van der Waals surface area (Å²) in [6.07, 6.45) is 2.47. The van der Waals surface area contributed by atoms with E-state index < -0.39 is 10.0 Å². The molecule has 2 aromatic carbocycles. The number of halogens is 1. The molecule has 1 heterocycles. The monoisotopic (exact) mass is 435 g/mol. The zero-order valence-electron chi connectivity index (χ0n) is 16.4. The van der Waals surface area contributed by atoms with Gasteiger partial charge in [0, 0.05) is 30.3 Å². The Hall–Kier alpha value is -2.09. The van der Waals surface area contributed by atoms with Gasteiger partial charge in [-0.1, -0.05) is 29.8 Å². The lowest BCUT2D eigenvalue weighted by atomic mass is 9.94. The van der Waals surface area contributed by atoms with E-state index in [4.69, 9.17) is 11.6 Å². The van der Waals surface area contributed by atoms with Crippen LogP contribution in [0, 0.1) is 12.8 Å². The molecule has 2 aromatic rings. The lowest BCUT2D eigenvalue weighted by Crippen LogP contribution is -2.41. The van der Waals surface area contributed by atoms with Gasteiger partial charge in [-0.15, -0.1) is 0 Å². The van der Waals surface area contributed by atoms with E-state index in [-0.39, 0.29) is 10.9 Å². The molecule has 2 N–H and O–H groups in total. The number of amides is 2. The first-order chi connectivity index (χ1) is 13.8. The maximum atomic E-state index is 12.4. The second-order valence-corrected chi connectivity index (χ2v) is 9.58. The number of piperidine rings is 1. The number of aryl methyl sites for hydroxylation is 1. The fourth-order valence-corrected chi connectivity index (χ4v) is 4.81. The first-order valence-electron chi connectivity index (χ1n) is 9.71. The molecule has 0 spiro atoms. The van der Waals surface area contributed by atoms with Gasteiger partial charge in [-0.05, 0) is 68.0 Å². The Kier molecular flexibility index (Phi) is 7.16. The van der Waals surface area contributed by atoms with Gasteiger partial charge in [0.05, 0.1) is 4.90 Å². The summed E-state index contributed by atoms with van der Waals surface area (Å²) in [7, 11) is -3.55. The fourth-order valence-electron chi connectivity index (χ4n) is 3.46. The first-order valence-corrected chi connectivity index (χ1v) is 11.6. The average Bonchev–Trinajstić information content (AvgIpc) is 2.68. The molecule has 29 heavy (non-hydrogen) atoms. The van der Waals surface area contributed by atoms with Crippen LogP contribution in [0.15, 0.2) is 53.4 Å². The Labute approximate surface area is 177 Å². The van der Waals surface area contributed by atoms with Crippen molar-refractivity contribution in [2.75, 3.05) is 25.0 Å². The molecule has 6 nitrogen and oxygen atoms in total. The highest BCUT2D eigenvalue weighted by atomic mass is 35.5. The normalized spacial score (nSPS) is 15.3. The molecule has 8 heteroatoms. The van der Waals surface area contributed by atoms with Crippen LogP contribution in [0.25, 0.3) is 0 Å². The molecule has 1 saturated heterocycles. The zero-order chi connectivity index (χ0) is 20.9. The van der Waals surface area contributed by atoms with Gasteiger partial charge in [0.1, 0.15) is 0 Å². The van der Waals surface area contributed by atoms with E-state index in [1.54, 1.807) is 12.1 Å². The number of nitrogens with zero attached hydrogens (tertiary/aromatic N) is 1. The number of benzene rings is 2. The van der Waals surface area contributed by atoms with Crippen LogP contribution in [-0.2, 0) is 10.0 Å². The van der Waals surface area contributed by atoms with E-state index in [0.29, 0.717) is 30.6 Å². The standard InChI is InChI=1S/C21H26ClN3O3S/c1-16-4-2-6-19(14-16)24-21(26)25-12-9-17(10-13-25)8-11-23-29(27,28)20-7-3-5-18(22)15-20/h2-7,14-15,17,23H,8-13H2,1H3,(H,24,26). The third-order valence-corrected chi connectivity index (χ3v) is 6.82. The Morgan fingerprint density at radius 2 is 1.86 bits per heavy atom. The number of nitrogens with one attached hydrogen (secondary N) is 2. The van der Waals surface area contributed by atoms with Gasteiger partial charge in [-0.2, -0.15) is 0 Å². The third kappa shape index (κ3) is 6.19. The second-order valence-electron chi connectivity index (χ2n) is 7.37. The number of likely N-dealkylation sites (tertiary alicyclic amines) is 1. The average molecular weight is 436 g/mol. The summed E-state index contributed by atoms with van der Waals surface area (Å²) >= 11 is 5.88. The molecule has 1 aliphatic heterocycles. The van der Waals surface area contributed by atoms with Crippen LogP contribution in [0.2, 0.25) is 5.02 Å². The Morgan fingerprint density at radius 1 is 1.14 bits per heavy atom. The predicted octanol–water partition coefficient (Wildman–Crippen LogP) is 4.26. The van der Waals surface area contributed by atoms with Crippen LogP contribution in [0.1, 0.15) is 24.8 Å². The molecule has 3 rings (SSSR count). The molecular formula is C21H26ClN3O3S. The van der Waals surface area contributed by atoms with Gasteiger partial charge in [-0.25, -0.2) is 17.9 Å². The molecule has 0 unspecified atom stereocenters. The third-order valence-electron chi connectivity index (χ3n) is 5.12. The van der Waals surface area contributed by atoms with Crippen molar-refractivity contribution >= 4 is 33.3 Å². The minimum Gasteiger partial charge on any atom is -0.325 e. The van der Waals surface area contributed by atoms with Crippen LogP contribution in [0.4, 0.5) is 10.5 Å². The van der Waals surface area contributed by atoms with Crippen LogP contribution in [0.5, 0.6) is 0 Å². The minimum atomic E-state index is -3.55. The van der Waals surface area contributed by atoms with Crippen molar-refractivity contribution in [3.8, 4) is 0 Å². The number of carbonyl (C=O) groups excluding carboxylic acids is 1. The Balaban J connectivity index is 1.42. The number of carbonyl (C=O) groups is 1. The number of urea groups is 1. The highest BCUT2D eigenvalue weighted by Gasteiger charge is 2.23. The van der Waals surface area contributed by atoms with Crippen molar-refractivity contribution in [3.05, 3.63) is 59.1 Å². The number of hydrogen-bond donors (Lipinski definition) is 2. The van der Waals surface area contributed by atoms with Crippen molar-refractivity contribution in [2.24, 2.45) is 5.92 Å². The van der Waals surface area contributed by atoms with Gasteiger partial charge >= 0.3 is 6.03 Å². The summed E-state index contributed by atoms with van der Waals surface area (Å²) < 4.78 is 27.3. The largest absolute Gasteiger partial charge is 0.325 e. The summed E-state index contributed by atoms with van der Waals surface area (Å²) in [4.78, 5) is 14.4. The summed E-state index contributed by atoms with van der Waals surface area (Å²) in [6, 6.07) is 13.9. The summed E-state index contributed by atoms with van der Waals surface area (Å²) in [5.41, 5.74) is 1.90. The summed E-state index contributed by atoms with van der Waals surface area (Å²) in [5.74, 6) is 0.389. The van der Waals surface area contributed by atoms with Gasteiger partial charge < -0.3 is 10.2 Å². The SMILES string of the molecule is Cc1cccc(NC(=O)N2CCC(CCNS(=O)(=O)c3cccc(Cl)c3)CC2)c1. The molecule has 1 aliphatic rings. The predicted molar refractivity (Wildman–Crippen MR) is 116 cm³/mol. The molecule has 2 amide bonds. The maximum absolute atomic E-state index is 12.4.